The van der Waals surface area contributed by atoms with E-state index in [0.717, 1.165) is 36.8 Å². The van der Waals surface area contributed by atoms with Gasteiger partial charge in [0.1, 0.15) is 6.04 Å². The molecule has 1 aliphatic carbocycles. The van der Waals surface area contributed by atoms with Crippen LogP contribution in [-0.4, -0.2) is 38.1 Å². The van der Waals surface area contributed by atoms with Gasteiger partial charge in [0.2, 0.25) is 0 Å². The van der Waals surface area contributed by atoms with Crippen molar-refractivity contribution in [2.75, 3.05) is 14.2 Å². The van der Waals surface area contributed by atoms with Crippen LogP contribution in [0.15, 0.2) is 9.09 Å². The summed E-state index contributed by atoms with van der Waals surface area (Å²) in [5.41, 5.74) is 1.89. The zero-order valence-corrected chi connectivity index (χ0v) is 15.2. The highest BCUT2D eigenvalue weighted by Crippen LogP contribution is 2.33. The standard InChI is InChI=1S/C16H20BrNO6/c1-22-12(19)8-7-11(16(21)23-2)18-15(20)13-9-5-3-4-6-10(9)14(17)24-13/h11H,3-8H2,1-2H3,(H,18,20)/t11-/m0/s1. The van der Waals surface area contributed by atoms with Crippen molar-refractivity contribution < 1.29 is 28.3 Å². The average Bonchev–Trinajstić information content (AvgIpc) is 2.94. The summed E-state index contributed by atoms with van der Waals surface area (Å²) in [7, 11) is 2.49. The SMILES string of the molecule is COC(=O)CC[C@H](NC(=O)c1oc(Br)c2c1CCCC2)C(=O)OC. The summed E-state index contributed by atoms with van der Waals surface area (Å²) in [5, 5.41) is 2.59. The molecule has 1 aliphatic rings. The molecule has 0 radical (unpaired) electrons. The fourth-order valence-corrected chi connectivity index (χ4v) is 3.35. The highest BCUT2D eigenvalue weighted by Gasteiger charge is 2.29. The van der Waals surface area contributed by atoms with Gasteiger partial charge in [-0.15, -0.1) is 0 Å². The minimum Gasteiger partial charge on any atom is -0.469 e. The van der Waals surface area contributed by atoms with E-state index in [1.165, 1.54) is 14.2 Å². The van der Waals surface area contributed by atoms with Crippen LogP contribution < -0.4 is 5.32 Å². The lowest BCUT2D eigenvalue weighted by Crippen LogP contribution is -2.42. The molecule has 8 heteroatoms. The third-order valence-corrected chi connectivity index (χ3v) is 4.67. The molecule has 7 nitrogen and oxygen atoms in total. The molecule has 0 fully saturated rings. The summed E-state index contributed by atoms with van der Waals surface area (Å²) in [6.45, 7) is 0. The van der Waals surface area contributed by atoms with Gasteiger partial charge in [-0.2, -0.15) is 0 Å². The first kappa shape index (κ1) is 18.5. The van der Waals surface area contributed by atoms with Crippen molar-refractivity contribution in [3.05, 3.63) is 21.6 Å². The van der Waals surface area contributed by atoms with Crippen LogP contribution in [-0.2, 0) is 31.9 Å². The highest BCUT2D eigenvalue weighted by molar-refractivity contribution is 9.10. The molecule has 0 aromatic carbocycles. The number of esters is 2. The molecule has 132 valence electrons. The minimum atomic E-state index is -0.940. The van der Waals surface area contributed by atoms with Crippen molar-refractivity contribution in [2.45, 2.75) is 44.6 Å². The molecule has 0 saturated carbocycles. The maximum absolute atomic E-state index is 12.5. The lowest BCUT2D eigenvalue weighted by Gasteiger charge is -2.16. The van der Waals surface area contributed by atoms with Gasteiger partial charge < -0.3 is 19.2 Å². The lowest BCUT2D eigenvalue weighted by atomic mass is 9.93. The van der Waals surface area contributed by atoms with E-state index >= 15 is 0 Å². The maximum atomic E-state index is 12.5. The Kier molecular flexibility index (Phi) is 6.42. The van der Waals surface area contributed by atoms with Gasteiger partial charge in [-0.05, 0) is 48.0 Å². The molecular formula is C16H20BrNO6. The number of hydrogen-bond donors (Lipinski definition) is 1. The van der Waals surface area contributed by atoms with E-state index in [-0.39, 0.29) is 18.6 Å². The number of carbonyl (C=O) groups excluding carboxylic acids is 3. The van der Waals surface area contributed by atoms with Crippen LogP contribution in [0.3, 0.4) is 0 Å². The third kappa shape index (κ3) is 4.17. The van der Waals surface area contributed by atoms with Gasteiger partial charge in [-0.25, -0.2) is 4.79 Å². The molecule has 0 bridgehead atoms. The van der Waals surface area contributed by atoms with Gasteiger partial charge in [0.05, 0.1) is 14.2 Å². The van der Waals surface area contributed by atoms with Crippen LogP contribution in [0.25, 0.3) is 0 Å². The zero-order valence-electron chi connectivity index (χ0n) is 13.6. The van der Waals surface area contributed by atoms with Gasteiger partial charge in [0, 0.05) is 17.5 Å². The number of hydrogen-bond acceptors (Lipinski definition) is 6. The molecule has 24 heavy (non-hydrogen) atoms. The summed E-state index contributed by atoms with van der Waals surface area (Å²) in [5.74, 6) is -1.36. The number of nitrogens with one attached hydrogen (secondary N) is 1. The van der Waals surface area contributed by atoms with Gasteiger partial charge in [-0.3, -0.25) is 9.59 Å². The number of halogens is 1. The van der Waals surface area contributed by atoms with Crippen molar-refractivity contribution in [1.82, 2.24) is 5.32 Å². The number of rotatable bonds is 6. The number of methoxy groups -OCH3 is 2. The number of fused-ring (bicyclic) bond motifs is 1. The fraction of sp³-hybridized carbons (Fsp3) is 0.562. The zero-order chi connectivity index (χ0) is 17.7. The summed E-state index contributed by atoms with van der Waals surface area (Å²) < 4.78 is 15.4. The fourth-order valence-electron chi connectivity index (χ4n) is 2.75. The first-order chi connectivity index (χ1) is 11.5. The predicted octanol–water partition coefficient (Wildman–Crippen LogP) is 2.15. The second kappa shape index (κ2) is 8.32. The highest BCUT2D eigenvalue weighted by atomic mass is 79.9. The normalized spacial score (nSPS) is 14.5. The minimum absolute atomic E-state index is 0.00347. The quantitative estimate of drug-likeness (QED) is 0.733. The van der Waals surface area contributed by atoms with Gasteiger partial charge in [-0.1, -0.05) is 0 Å². The van der Waals surface area contributed by atoms with Gasteiger partial charge in [0.15, 0.2) is 10.4 Å². The van der Waals surface area contributed by atoms with Crippen molar-refractivity contribution in [1.29, 1.82) is 0 Å². The molecule has 1 atom stereocenters. The Morgan fingerprint density at radius 1 is 1.17 bits per heavy atom. The molecule has 1 amide bonds. The Morgan fingerprint density at radius 2 is 1.83 bits per heavy atom. The van der Waals surface area contributed by atoms with Crippen molar-refractivity contribution >= 4 is 33.8 Å². The predicted molar refractivity (Wildman–Crippen MR) is 87.6 cm³/mol. The molecule has 0 saturated heterocycles. The number of ether oxygens (including phenoxy) is 2. The molecule has 1 heterocycles. The van der Waals surface area contributed by atoms with Gasteiger partial charge in [0.25, 0.3) is 5.91 Å². The number of amides is 1. The van der Waals surface area contributed by atoms with Crippen LogP contribution >= 0.6 is 15.9 Å². The molecule has 1 aromatic rings. The van der Waals surface area contributed by atoms with E-state index in [1.54, 1.807) is 0 Å². The average molecular weight is 402 g/mol. The summed E-state index contributed by atoms with van der Waals surface area (Å²) in [6.07, 6.45) is 3.75. The number of furan rings is 1. The molecule has 1 aromatic heterocycles. The van der Waals surface area contributed by atoms with E-state index in [1.807, 2.05) is 0 Å². The largest absolute Gasteiger partial charge is 0.469 e. The second-order valence-electron chi connectivity index (χ2n) is 5.53. The first-order valence-electron chi connectivity index (χ1n) is 7.73. The monoisotopic (exact) mass is 401 g/mol. The van der Waals surface area contributed by atoms with Crippen LogP contribution in [0.5, 0.6) is 0 Å². The second-order valence-corrected chi connectivity index (χ2v) is 6.25. The van der Waals surface area contributed by atoms with E-state index in [2.05, 4.69) is 30.7 Å². The molecule has 0 spiro atoms. The molecule has 1 N–H and O–H groups in total. The summed E-state index contributed by atoms with van der Waals surface area (Å²) in [4.78, 5) is 35.6. The first-order valence-corrected chi connectivity index (χ1v) is 8.52. The molecule has 0 aliphatic heterocycles. The Balaban J connectivity index is 2.12. The molecular weight excluding hydrogens is 382 g/mol. The van der Waals surface area contributed by atoms with Crippen molar-refractivity contribution in [3.63, 3.8) is 0 Å². The molecule has 2 rings (SSSR count). The van der Waals surface area contributed by atoms with Crippen LogP contribution in [0.1, 0.15) is 47.4 Å². The Morgan fingerprint density at radius 3 is 2.46 bits per heavy atom. The smallest absolute Gasteiger partial charge is 0.328 e. The summed E-state index contributed by atoms with van der Waals surface area (Å²) >= 11 is 3.34. The van der Waals surface area contributed by atoms with E-state index in [9.17, 15) is 14.4 Å². The van der Waals surface area contributed by atoms with Crippen molar-refractivity contribution in [2.24, 2.45) is 0 Å². The summed E-state index contributed by atoms with van der Waals surface area (Å²) in [6, 6.07) is -0.940. The topological polar surface area (TPSA) is 94.8 Å². The Bertz CT molecular complexity index is 639. The third-order valence-electron chi connectivity index (χ3n) is 4.03. The Labute approximate surface area is 148 Å². The van der Waals surface area contributed by atoms with Crippen LogP contribution in [0, 0.1) is 0 Å². The van der Waals surface area contributed by atoms with E-state index in [4.69, 9.17) is 4.42 Å². The van der Waals surface area contributed by atoms with Gasteiger partial charge >= 0.3 is 11.9 Å². The molecule has 0 unspecified atom stereocenters. The lowest BCUT2D eigenvalue weighted by molar-refractivity contribution is -0.144. The number of carbonyl (C=O) groups is 3. The van der Waals surface area contributed by atoms with Crippen LogP contribution in [0.4, 0.5) is 0 Å². The van der Waals surface area contributed by atoms with E-state index < -0.39 is 23.9 Å². The maximum Gasteiger partial charge on any atom is 0.328 e. The van der Waals surface area contributed by atoms with E-state index in [0.29, 0.717) is 4.67 Å². The Hall–Kier alpha value is -1.83. The van der Waals surface area contributed by atoms with Crippen LogP contribution in [0.2, 0.25) is 0 Å². The van der Waals surface area contributed by atoms with Crippen molar-refractivity contribution in [3.8, 4) is 0 Å².